The minimum absolute atomic E-state index is 0.133. The van der Waals surface area contributed by atoms with Crippen molar-refractivity contribution < 1.29 is 4.79 Å². The van der Waals surface area contributed by atoms with Gasteiger partial charge in [-0.15, -0.1) is 0 Å². The molecule has 0 saturated carbocycles. The first-order valence-corrected chi connectivity index (χ1v) is 5.49. The van der Waals surface area contributed by atoms with E-state index in [9.17, 15) is 4.79 Å². The number of hydrogen-bond donors (Lipinski definition) is 1. The molecule has 1 fully saturated rings. The third kappa shape index (κ3) is 1.50. The number of rotatable bonds is 3. The molecule has 1 aliphatic heterocycles. The molecule has 1 aromatic heterocycles. The SMILES string of the molecule is CCn1ncc(Br)c1C(=O)C1CNC1. The van der Waals surface area contributed by atoms with Gasteiger partial charge in [0.25, 0.3) is 0 Å². The van der Waals surface area contributed by atoms with Crippen LogP contribution in [-0.4, -0.2) is 28.7 Å². The van der Waals surface area contributed by atoms with E-state index in [0.29, 0.717) is 5.69 Å². The molecule has 1 aliphatic rings. The number of ketones is 1. The molecule has 4 nitrogen and oxygen atoms in total. The van der Waals surface area contributed by atoms with Crippen molar-refractivity contribution in [3.63, 3.8) is 0 Å². The zero-order chi connectivity index (χ0) is 10.1. The van der Waals surface area contributed by atoms with E-state index >= 15 is 0 Å². The average Bonchev–Trinajstić information content (AvgIpc) is 2.43. The Kier molecular flexibility index (Phi) is 2.69. The summed E-state index contributed by atoms with van der Waals surface area (Å²) in [5.74, 6) is 0.322. The second-order valence-electron chi connectivity index (χ2n) is 3.38. The Balaban J connectivity index is 2.28. The number of aryl methyl sites for hydroxylation is 1. The Bertz CT molecular complexity index is 357. The van der Waals surface area contributed by atoms with Crippen LogP contribution in [0.4, 0.5) is 0 Å². The van der Waals surface area contributed by atoms with Gasteiger partial charge in [-0.3, -0.25) is 9.48 Å². The fraction of sp³-hybridized carbons (Fsp3) is 0.556. The standard InChI is InChI=1S/C9H12BrN3O/c1-2-13-8(7(10)5-12-13)9(14)6-3-11-4-6/h5-6,11H,2-4H2,1H3. The van der Waals surface area contributed by atoms with Crippen LogP contribution in [0, 0.1) is 5.92 Å². The molecule has 1 saturated heterocycles. The second-order valence-corrected chi connectivity index (χ2v) is 4.23. The fourth-order valence-electron chi connectivity index (χ4n) is 1.51. The predicted molar refractivity (Wildman–Crippen MR) is 56.3 cm³/mol. The highest BCUT2D eigenvalue weighted by atomic mass is 79.9. The molecule has 0 amide bonds. The molecule has 0 aliphatic carbocycles. The molecule has 14 heavy (non-hydrogen) atoms. The van der Waals surface area contributed by atoms with Gasteiger partial charge in [0, 0.05) is 25.6 Å². The Hall–Kier alpha value is -0.680. The van der Waals surface area contributed by atoms with Gasteiger partial charge in [0.2, 0.25) is 0 Å². The van der Waals surface area contributed by atoms with Gasteiger partial charge in [-0.25, -0.2) is 0 Å². The molecule has 1 N–H and O–H groups in total. The number of hydrogen-bond acceptors (Lipinski definition) is 3. The van der Waals surface area contributed by atoms with Gasteiger partial charge >= 0.3 is 0 Å². The number of aromatic nitrogens is 2. The second kappa shape index (κ2) is 3.82. The summed E-state index contributed by atoms with van der Waals surface area (Å²) in [7, 11) is 0. The summed E-state index contributed by atoms with van der Waals surface area (Å²) in [4.78, 5) is 12.0. The van der Waals surface area contributed by atoms with E-state index in [4.69, 9.17) is 0 Å². The lowest BCUT2D eigenvalue weighted by Crippen LogP contribution is -2.47. The lowest BCUT2D eigenvalue weighted by atomic mass is 9.96. The molecule has 0 radical (unpaired) electrons. The van der Waals surface area contributed by atoms with Gasteiger partial charge in [-0.05, 0) is 22.9 Å². The van der Waals surface area contributed by atoms with Gasteiger partial charge < -0.3 is 5.32 Å². The molecule has 0 bridgehead atoms. The third-order valence-electron chi connectivity index (χ3n) is 2.48. The van der Waals surface area contributed by atoms with Crippen LogP contribution in [0.5, 0.6) is 0 Å². The number of halogens is 1. The van der Waals surface area contributed by atoms with Crippen LogP contribution >= 0.6 is 15.9 Å². The smallest absolute Gasteiger partial charge is 0.187 e. The maximum absolute atomic E-state index is 12.0. The highest BCUT2D eigenvalue weighted by molar-refractivity contribution is 9.10. The van der Waals surface area contributed by atoms with Crippen LogP contribution in [0.15, 0.2) is 10.7 Å². The highest BCUT2D eigenvalue weighted by Crippen LogP contribution is 2.21. The topological polar surface area (TPSA) is 46.9 Å². The van der Waals surface area contributed by atoms with Crippen molar-refractivity contribution in [2.24, 2.45) is 5.92 Å². The Morgan fingerprint density at radius 1 is 1.79 bits per heavy atom. The van der Waals surface area contributed by atoms with Crippen molar-refractivity contribution in [1.29, 1.82) is 0 Å². The summed E-state index contributed by atoms with van der Waals surface area (Å²) < 4.78 is 2.54. The maximum atomic E-state index is 12.0. The monoisotopic (exact) mass is 257 g/mol. The van der Waals surface area contributed by atoms with Gasteiger partial charge in [0.05, 0.1) is 10.7 Å². The van der Waals surface area contributed by atoms with Crippen LogP contribution in [0.1, 0.15) is 17.4 Å². The van der Waals surface area contributed by atoms with E-state index in [1.54, 1.807) is 10.9 Å². The molecule has 0 unspecified atom stereocenters. The van der Waals surface area contributed by atoms with Crippen LogP contribution in [-0.2, 0) is 6.54 Å². The summed E-state index contributed by atoms with van der Waals surface area (Å²) in [6, 6.07) is 0. The lowest BCUT2D eigenvalue weighted by Gasteiger charge is -2.25. The third-order valence-corrected chi connectivity index (χ3v) is 3.06. The first-order valence-electron chi connectivity index (χ1n) is 4.70. The van der Waals surface area contributed by atoms with Crippen molar-refractivity contribution >= 4 is 21.7 Å². The van der Waals surface area contributed by atoms with Crippen molar-refractivity contribution in [1.82, 2.24) is 15.1 Å². The number of nitrogens with one attached hydrogen (secondary N) is 1. The molecule has 2 heterocycles. The largest absolute Gasteiger partial charge is 0.315 e. The van der Waals surface area contributed by atoms with Gasteiger partial charge in [0.1, 0.15) is 5.69 Å². The fourth-order valence-corrected chi connectivity index (χ4v) is 2.01. The first kappa shape index (κ1) is 9.86. The summed E-state index contributed by atoms with van der Waals surface area (Å²) in [5, 5.41) is 7.22. The van der Waals surface area contributed by atoms with E-state index < -0.39 is 0 Å². The molecule has 0 spiro atoms. The maximum Gasteiger partial charge on any atom is 0.187 e. The van der Waals surface area contributed by atoms with Gasteiger partial charge in [0.15, 0.2) is 5.78 Å². The predicted octanol–water partition coefficient (Wildman–Crippen LogP) is 1.07. The molecular formula is C9H12BrN3O. The number of Topliss-reactive ketones (excluding diaryl/α,β-unsaturated/α-hetero) is 1. The molecule has 2 rings (SSSR count). The van der Waals surface area contributed by atoms with Crippen molar-refractivity contribution in [3.8, 4) is 0 Å². The number of carbonyl (C=O) groups is 1. The molecule has 0 atom stereocenters. The van der Waals surface area contributed by atoms with Gasteiger partial charge in [-0.1, -0.05) is 0 Å². The van der Waals surface area contributed by atoms with Crippen molar-refractivity contribution in [3.05, 3.63) is 16.4 Å². The Labute approximate surface area is 90.8 Å². The van der Waals surface area contributed by atoms with Crippen LogP contribution in [0.25, 0.3) is 0 Å². The summed E-state index contributed by atoms with van der Waals surface area (Å²) in [6.45, 7) is 4.29. The molecule has 76 valence electrons. The average molecular weight is 258 g/mol. The van der Waals surface area contributed by atoms with E-state index in [-0.39, 0.29) is 11.7 Å². The van der Waals surface area contributed by atoms with Crippen LogP contribution in [0.3, 0.4) is 0 Å². The Morgan fingerprint density at radius 3 is 3.00 bits per heavy atom. The highest BCUT2D eigenvalue weighted by Gasteiger charge is 2.29. The minimum atomic E-state index is 0.133. The summed E-state index contributed by atoms with van der Waals surface area (Å²) >= 11 is 3.36. The van der Waals surface area contributed by atoms with Gasteiger partial charge in [-0.2, -0.15) is 5.10 Å². The quantitative estimate of drug-likeness (QED) is 0.825. The zero-order valence-corrected chi connectivity index (χ0v) is 9.54. The summed E-state index contributed by atoms with van der Waals surface area (Å²) in [6.07, 6.45) is 1.68. The van der Waals surface area contributed by atoms with E-state index in [1.165, 1.54) is 0 Å². The van der Waals surface area contributed by atoms with Crippen LogP contribution < -0.4 is 5.32 Å². The first-order chi connectivity index (χ1) is 6.74. The van der Waals surface area contributed by atoms with E-state index in [1.807, 2.05) is 6.92 Å². The minimum Gasteiger partial charge on any atom is -0.315 e. The number of nitrogens with zero attached hydrogens (tertiary/aromatic N) is 2. The zero-order valence-electron chi connectivity index (χ0n) is 7.96. The van der Waals surface area contributed by atoms with Crippen LogP contribution in [0.2, 0.25) is 0 Å². The molecule has 5 heteroatoms. The molecule has 1 aromatic rings. The molecule has 0 aromatic carbocycles. The van der Waals surface area contributed by atoms with E-state index in [2.05, 4.69) is 26.3 Å². The molecular weight excluding hydrogens is 246 g/mol. The van der Waals surface area contributed by atoms with Crippen molar-refractivity contribution in [2.75, 3.05) is 13.1 Å². The summed E-state index contributed by atoms with van der Waals surface area (Å²) in [5.41, 5.74) is 0.707. The number of carbonyl (C=O) groups excluding carboxylic acids is 1. The van der Waals surface area contributed by atoms with Crippen molar-refractivity contribution in [2.45, 2.75) is 13.5 Å². The Morgan fingerprint density at radius 2 is 2.50 bits per heavy atom. The normalized spacial score (nSPS) is 16.7. The lowest BCUT2D eigenvalue weighted by molar-refractivity contribution is 0.0866. The van der Waals surface area contributed by atoms with E-state index in [0.717, 1.165) is 24.1 Å².